The van der Waals surface area contributed by atoms with Gasteiger partial charge < -0.3 is 24.1 Å². The van der Waals surface area contributed by atoms with Gasteiger partial charge in [0.15, 0.2) is 12.1 Å². The Balaban J connectivity index is 1.99. The molecular formula is C23H38O5. The maximum atomic E-state index is 11.0. The maximum absolute atomic E-state index is 11.0. The summed E-state index contributed by atoms with van der Waals surface area (Å²) in [5.41, 5.74) is 2.67. The second-order valence-electron chi connectivity index (χ2n) is 9.13. The molecule has 0 aromatic rings. The molecule has 5 nitrogen and oxygen atoms in total. The second kappa shape index (κ2) is 8.57. The molecule has 2 aliphatic carbocycles. The van der Waals surface area contributed by atoms with Gasteiger partial charge in [0.05, 0.1) is 12.2 Å². The highest BCUT2D eigenvalue weighted by molar-refractivity contribution is 5.18. The van der Waals surface area contributed by atoms with Crippen molar-refractivity contribution < 1.29 is 24.1 Å². The Hall–Kier alpha value is -0.720. The third kappa shape index (κ3) is 3.61. The van der Waals surface area contributed by atoms with Crippen LogP contribution in [0.25, 0.3) is 0 Å². The molecule has 0 radical (unpaired) electrons. The molecule has 160 valence electrons. The first-order valence-corrected chi connectivity index (χ1v) is 10.6. The molecule has 0 amide bonds. The number of hydrogen-bond donors (Lipinski definition) is 1. The summed E-state index contributed by atoms with van der Waals surface area (Å²) in [4.78, 5) is 0. The van der Waals surface area contributed by atoms with Crippen molar-refractivity contribution in [2.75, 3.05) is 21.3 Å². The van der Waals surface area contributed by atoms with Crippen LogP contribution in [0.3, 0.4) is 0 Å². The molecule has 3 aliphatic rings. The van der Waals surface area contributed by atoms with Crippen LogP contribution in [-0.2, 0) is 18.9 Å². The molecule has 0 bridgehead atoms. The number of aliphatic hydroxyl groups excluding tert-OH is 1. The van der Waals surface area contributed by atoms with Gasteiger partial charge in [0.2, 0.25) is 0 Å². The molecule has 28 heavy (non-hydrogen) atoms. The minimum Gasteiger partial charge on any atom is -0.393 e. The van der Waals surface area contributed by atoms with Gasteiger partial charge in [-0.25, -0.2) is 0 Å². The molecular weight excluding hydrogens is 356 g/mol. The van der Waals surface area contributed by atoms with Crippen molar-refractivity contribution in [1.29, 1.82) is 0 Å². The van der Waals surface area contributed by atoms with Crippen molar-refractivity contribution >= 4 is 0 Å². The zero-order chi connectivity index (χ0) is 20.6. The Morgan fingerprint density at radius 1 is 1.11 bits per heavy atom. The Labute approximate surface area is 170 Å². The molecule has 1 heterocycles. The summed E-state index contributed by atoms with van der Waals surface area (Å²) in [6.07, 6.45) is 6.10. The van der Waals surface area contributed by atoms with Crippen LogP contribution >= 0.6 is 0 Å². The summed E-state index contributed by atoms with van der Waals surface area (Å²) in [5, 5.41) is 11.0. The smallest absolute Gasteiger partial charge is 0.176 e. The fourth-order valence-corrected chi connectivity index (χ4v) is 6.12. The van der Waals surface area contributed by atoms with Gasteiger partial charge in [-0.3, -0.25) is 0 Å². The van der Waals surface area contributed by atoms with Gasteiger partial charge >= 0.3 is 0 Å². The van der Waals surface area contributed by atoms with Gasteiger partial charge in [0, 0.05) is 39.6 Å². The number of allylic oxidation sites excluding steroid dienone is 4. The Kier molecular flexibility index (Phi) is 6.72. The average molecular weight is 395 g/mol. The summed E-state index contributed by atoms with van der Waals surface area (Å²) >= 11 is 0. The molecule has 3 rings (SSSR count). The first-order chi connectivity index (χ1) is 13.3. The third-order valence-corrected chi connectivity index (χ3v) is 7.47. The van der Waals surface area contributed by atoms with E-state index in [1.807, 2.05) is 0 Å². The van der Waals surface area contributed by atoms with Gasteiger partial charge in [-0.2, -0.15) is 0 Å². The Morgan fingerprint density at radius 3 is 2.39 bits per heavy atom. The second-order valence-corrected chi connectivity index (χ2v) is 9.13. The zero-order valence-electron chi connectivity index (χ0n) is 18.5. The fourth-order valence-electron chi connectivity index (χ4n) is 6.12. The van der Waals surface area contributed by atoms with E-state index in [9.17, 15) is 5.11 Å². The number of ether oxygens (including phenoxy) is 4. The van der Waals surface area contributed by atoms with Gasteiger partial charge in [-0.15, -0.1) is 0 Å². The van der Waals surface area contributed by atoms with E-state index >= 15 is 0 Å². The number of aliphatic hydroxyl groups is 1. The molecule has 1 N–H and O–H groups in total. The number of hydrogen-bond acceptors (Lipinski definition) is 5. The molecule has 9 atom stereocenters. The van der Waals surface area contributed by atoms with E-state index < -0.39 is 18.2 Å². The molecule has 0 spiro atoms. The van der Waals surface area contributed by atoms with Crippen LogP contribution in [0.4, 0.5) is 0 Å². The molecule has 5 heteroatoms. The van der Waals surface area contributed by atoms with Gasteiger partial charge in [-0.1, -0.05) is 30.2 Å². The lowest BCUT2D eigenvalue weighted by molar-refractivity contribution is -0.368. The largest absolute Gasteiger partial charge is 0.393 e. The Morgan fingerprint density at radius 2 is 1.82 bits per heavy atom. The van der Waals surface area contributed by atoms with Crippen molar-refractivity contribution in [3.8, 4) is 0 Å². The summed E-state index contributed by atoms with van der Waals surface area (Å²) in [7, 11) is 5.15. The Bertz CT molecular complexity index is 610. The summed E-state index contributed by atoms with van der Waals surface area (Å²) in [6, 6.07) is 0. The maximum Gasteiger partial charge on any atom is 0.176 e. The van der Waals surface area contributed by atoms with Crippen molar-refractivity contribution in [2.45, 2.75) is 71.2 Å². The van der Waals surface area contributed by atoms with Crippen molar-refractivity contribution in [3.05, 3.63) is 23.3 Å². The SMILES string of the molecule is CO[C@@H]1O[C@@]2(OC)C[C@H](OC)[C@@H](C)[C@H]2[C@H]2[C@H]1[C@H](O)C[C@H]2/C(C)=C\CC=C(C)C. The van der Waals surface area contributed by atoms with Crippen molar-refractivity contribution in [2.24, 2.45) is 29.6 Å². The summed E-state index contributed by atoms with van der Waals surface area (Å²) in [5.74, 6) is 0.218. The quantitative estimate of drug-likeness (QED) is 0.692. The fraction of sp³-hybridized carbons (Fsp3) is 0.826. The number of fused-ring (bicyclic) bond motifs is 3. The van der Waals surface area contributed by atoms with Crippen LogP contribution in [0.5, 0.6) is 0 Å². The topological polar surface area (TPSA) is 57.2 Å². The zero-order valence-corrected chi connectivity index (χ0v) is 18.5. The molecule has 2 saturated carbocycles. The minimum atomic E-state index is -0.718. The summed E-state index contributed by atoms with van der Waals surface area (Å²) < 4.78 is 23.9. The highest BCUT2D eigenvalue weighted by Gasteiger charge is 2.67. The van der Waals surface area contributed by atoms with Crippen LogP contribution in [0, 0.1) is 29.6 Å². The average Bonchev–Trinajstić information content (AvgIpc) is 3.15. The molecule has 1 saturated heterocycles. The van der Waals surface area contributed by atoms with E-state index in [-0.39, 0.29) is 29.8 Å². The van der Waals surface area contributed by atoms with Crippen LogP contribution < -0.4 is 0 Å². The first-order valence-electron chi connectivity index (χ1n) is 10.6. The normalized spacial score (nSPS) is 45.6. The molecule has 1 aliphatic heterocycles. The molecule has 3 fully saturated rings. The molecule has 0 unspecified atom stereocenters. The van der Waals surface area contributed by atoms with Gasteiger partial charge in [0.25, 0.3) is 0 Å². The van der Waals surface area contributed by atoms with Gasteiger partial charge in [-0.05, 0) is 51.4 Å². The van der Waals surface area contributed by atoms with Crippen molar-refractivity contribution in [1.82, 2.24) is 0 Å². The van der Waals surface area contributed by atoms with E-state index in [0.29, 0.717) is 12.3 Å². The van der Waals surface area contributed by atoms with E-state index in [1.165, 1.54) is 11.1 Å². The van der Waals surface area contributed by atoms with E-state index in [2.05, 4.69) is 39.8 Å². The molecule has 0 aromatic carbocycles. The summed E-state index contributed by atoms with van der Waals surface area (Å²) in [6.45, 7) is 8.69. The van der Waals surface area contributed by atoms with E-state index in [1.54, 1.807) is 21.3 Å². The number of methoxy groups -OCH3 is 3. The highest BCUT2D eigenvalue weighted by Crippen LogP contribution is 2.61. The van der Waals surface area contributed by atoms with E-state index in [0.717, 1.165) is 12.8 Å². The van der Waals surface area contributed by atoms with Crippen LogP contribution in [0.15, 0.2) is 23.3 Å². The van der Waals surface area contributed by atoms with Crippen LogP contribution in [0.2, 0.25) is 0 Å². The lowest BCUT2D eigenvalue weighted by Gasteiger charge is -2.50. The third-order valence-electron chi connectivity index (χ3n) is 7.47. The van der Waals surface area contributed by atoms with Crippen LogP contribution in [0.1, 0.15) is 47.0 Å². The van der Waals surface area contributed by atoms with Crippen LogP contribution in [-0.4, -0.2) is 50.7 Å². The van der Waals surface area contributed by atoms with Gasteiger partial charge in [0.1, 0.15) is 0 Å². The first kappa shape index (κ1) is 22.0. The van der Waals surface area contributed by atoms with E-state index in [4.69, 9.17) is 18.9 Å². The molecule has 0 aromatic heterocycles. The standard InChI is InChI=1S/C23H38O5/c1-13(2)9-8-10-14(3)16-11-17(24)20-19(16)21-15(4)18(25-5)12-23(21,27-7)28-22(20)26-6/h9-10,15-22,24H,8,11-12H2,1-7H3/b14-10-/t15-,16+,17-,18+,19-,20-,21+,22-,23+/m1/s1. The minimum absolute atomic E-state index is 0.0480. The predicted molar refractivity (Wildman–Crippen MR) is 109 cm³/mol. The monoisotopic (exact) mass is 394 g/mol. The lowest BCUT2D eigenvalue weighted by Crippen LogP contribution is -2.57. The highest BCUT2D eigenvalue weighted by atomic mass is 16.8. The predicted octanol–water partition coefficient (Wildman–Crippen LogP) is 3.92. The number of rotatable bonds is 6. The van der Waals surface area contributed by atoms with Crippen molar-refractivity contribution in [3.63, 3.8) is 0 Å². The lowest BCUT2D eigenvalue weighted by atomic mass is 9.68.